The summed E-state index contributed by atoms with van der Waals surface area (Å²) < 4.78 is 57.5. The molecule has 3 N–H and O–H groups in total. The first-order valence-electron chi connectivity index (χ1n) is 4.92. The van der Waals surface area contributed by atoms with Gasteiger partial charge in [-0.1, -0.05) is 0 Å². The molecule has 11 heteroatoms. The summed E-state index contributed by atoms with van der Waals surface area (Å²) in [5, 5.41) is 17.6. The van der Waals surface area contributed by atoms with E-state index in [1.165, 1.54) is 0 Å². The van der Waals surface area contributed by atoms with Crippen molar-refractivity contribution in [1.29, 1.82) is 0 Å². The standard InChI is InChI=1S/C7H14N2O2.CHF3O3S/c1-8-2-3-9(6-8)4-7(11)5-10;2-1(3,4)8(5,6)7/h2-3,7,10-11H,4-6H2,1H3;(H,5,6,7). The smallest absolute Gasteiger partial charge is 0.394 e. The fourth-order valence-electron chi connectivity index (χ4n) is 1.04. The Labute approximate surface area is 108 Å². The Hall–Kier alpha value is -1.04. The molecule has 1 aliphatic heterocycles. The van der Waals surface area contributed by atoms with Crippen LogP contribution in [-0.2, 0) is 10.1 Å². The minimum Gasteiger partial charge on any atom is -0.394 e. The molecule has 0 aromatic carbocycles. The lowest BCUT2D eigenvalue weighted by atomic mass is 10.3. The van der Waals surface area contributed by atoms with E-state index in [1.54, 1.807) is 0 Å². The second-order valence-corrected chi connectivity index (χ2v) is 5.14. The molecule has 7 nitrogen and oxygen atoms in total. The van der Waals surface area contributed by atoms with Crippen molar-refractivity contribution in [2.75, 3.05) is 26.9 Å². The van der Waals surface area contributed by atoms with Gasteiger partial charge in [0, 0.05) is 26.0 Å². The molecule has 0 saturated carbocycles. The Morgan fingerprint density at radius 3 is 2.11 bits per heavy atom. The highest BCUT2D eigenvalue weighted by Gasteiger charge is 2.44. The van der Waals surface area contributed by atoms with Crippen LogP contribution in [0.25, 0.3) is 0 Å². The molecule has 1 unspecified atom stereocenters. The monoisotopic (exact) mass is 308 g/mol. The molecule has 19 heavy (non-hydrogen) atoms. The third kappa shape index (κ3) is 7.20. The number of β-amino-alcohol motifs (C(OH)–C–C–N with tert-alkyl or cyclic N) is 1. The van der Waals surface area contributed by atoms with E-state index in [0.29, 0.717) is 6.54 Å². The van der Waals surface area contributed by atoms with E-state index in [0.717, 1.165) is 6.67 Å². The first-order chi connectivity index (χ1) is 8.47. The van der Waals surface area contributed by atoms with Crippen LogP contribution in [-0.4, -0.2) is 71.5 Å². The van der Waals surface area contributed by atoms with Crippen molar-refractivity contribution in [2.24, 2.45) is 0 Å². The van der Waals surface area contributed by atoms with E-state index in [4.69, 9.17) is 23.2 Å². The maximum absolute atomic E-state index is 10.7. The summed E-state index contributed by atoms with van der Waals surface area (Å²) in [6, 6.07) is 0. The fraction of sp³-hybridized carbons (Fsp3) is 0.750. The van der Waals surface area contributed by atoms with Gasteiger partial charge in [-0.25, -0.2) is 0 Å². The SMILES string of the molecule is CN1C=CN(CC(O)CO)C1.O=S(=O)(O)C(F)(F)F. The summed E-state index contributed by atoms with van der Waals surface area (Å²) in [6.45, 7) is 1.11. The zero-order valence-corrected chi connectivity index (χ0v) is 10.8. The normalized spacial score (nSPS) is 17.2. The lowest BCUT2D eigenvalue weighted by Gasteiger charge is -2.20. The number of alkyl halides is 3. The van der Waals surface area contributed by atoms with Gasteiger partial charge in [-0.15, -0.1) is 0 Å². The Morgan fingerprint density at radius 2 is 1.84 bits per heavy atom. The van der Waals surface area contributed by atoms with Gasteiger partial charge in [0.1, 0.15) is 0 Å². The molecule has 0 spiro atoms. The molecule has 0 fully saturated rings. The Bertz CT molecular complexity index is 398. The number of hydrogen-bond acceptors (Lipinski definition) is 6. The predicted octanol–water partition coefficient (Wildman–Crippen LogP) is -0.590. The highest BCUT2D eigenvalue weighted by atomic mass is 32.2. The number of rotatable bonds is 3. The zero-order valence-electron chi connectivity index (χ0n) is 9.95. The lowest BCUT2D eigenvalue weighted by molar-refractivity contribution is -0.0510. The van der Waals surface area contributed by atoms with Crippen molar-refractivity contribution in [3.63, 3.8) is 0 Å². The largest absolute Gasteiger partial charge is 0.522 e. The van der Waals surface area contributed by atoms with E-state index in [1.807, 2.05) is 29.2 Å². The third-order valence-electron chi connectivity index (χ3n) is 1.89. The Morgan fingerprint density at radius 1 is 1.37 bits per heavy atom. The van der Waals surface area contributed by atoms with Crippen molar-refractivity contribution in [2.45, 2.75) is 11.6 Å². The van der Waals surface area contributed by atoms with Gasteiger partial charge < -0.3 is 20.0 Å². The second kappa shape index (κ2) is 6.93. The van der Waals surface area contributed by atoms with Crippen molar-refractivity contribution >= 4 is 10.1 Å². The average molecular weight is 308 g/mol. The third-order valence-corrected chi connectivity index (χ3v) is 2.47. The van der Waals surface area contributed by atoms with Crippen LogP contribution in [0.1, 0.15) is 0 Å². The number of halogens is 3. The van der Waals surface area contributed by atoms with Crippen molar-refractivity contribution < 1.29 is 36.4 Å². The van der Waals surface area contributed by atoms with E-state index >= 15 is 0 Å². The number of hydrogen-bond donors (Lipinski definition) is 3. The van der Waals surface area contributed by atoms with Crippen LogP contribution < -0.4 is 0 Å². The zero-order chi connectivity index (χ0) is 15.3. The van der Waals surface area contributed by atoms with E-state index < -0.39 is 21.7 Å². The Balaban J connectivity index is 0.000000362. The van der Waals surface area contributed by atoms with Crippen LogP contribution in [0.4, 0.5) is 13.2 Å². The molecule has 0 amide bonds. The van der Waals surface area contributed by atoms with Crippen LogP contribution in [0.15, 0.2) is 12.4 Å². The minimum absolute atomic E-state index is 0.173. The van der Waals surface area contributed by atoms with Crippen LogP contribution in [0.2, 0.25) is 0 Å². The summed E-state index contributed by atoms with van der Waals surface area (Å²) >= 11 is 0. The molecule has 1 rings (SSSR count). The predicted molar refractivity (Wildman–Crippen MR) is 59.2 cm³/mol. The molecule has 0 saturated heterocycles. The molecular formula is C8H15F3N2O5S. The molecule has 0 aliphatic carbocycles. The summed E-state index contributed by atoms with van der Waals surface area (Å²) in [4.78, 5) is 3.95. The van der Waals surface area contributed by atoms with Crippen molar-refractivity contribution in [1.82, 2.24) is 9.80 Å². The van der Waals surface area contributed by atoms with Gasteiger partial charge in [-0.3, -0.25) is 4.55 Å². The van der Waals surface area contributed by atoms with Crippen LogP contribution >= 0.6 is 0 Å². The quantitative estimate of drug-likeness (QED) is 0.473. The molecule has 114 valence electrons. The van der Waals surface area contributed by atoms with Gasteiger partial charge in [0.05, 0.1) is 19.4 Å². The van der Waals surface area contributed by atoms with E-state index in [-0.39, 0.29) is 6.61 Å². The van der Waals surface area contributed by atoms with E-state index in [9.17, 15) is 13.2 Å². The van der Waals surface area contributed by atoms with Crippen LogP contribution in [0.3, 0.4) is 0 Å². The maximum Gasteiger partial charge on any atom is 0.522 e. The van der Waals surface area contributed by atoms with Gasteiger partial charge in [-0.05, 0) is 0 Å². The summed E-state index contributed by atoms with van der Waals surface area (Å²) in [7, 11) is -3.88. The molecule has 1 heterocycles. The van der Waals surface area contributed by atoms with Gasteiger partial charge in [-0.2, -0.15) is 21.6 Å². The number of aliphatic hydroxyl groups is 2. The molecular weight excluding hydrogens is 293 g/mol. The van der Waals surface area contributed by atoms with Gasteiger partial charge in [0.15, 0.2) is 0 Å². The minimum atomic E-state index is -5.84. The van der Waals surface area contributed by atoms with Crippen LogP contribution in [0.5, 0.6) is 0 Å². The number of aliphatic hydroxyl groups excluding tert-OH is 2. The fourth-order valence-corrected chi connectivity index (χ4v) is 1.04. The molecule has 0 bridgehead atoms. The first-order valence-corrected chi connectivity index (χ1v) is 6.36. The van der Waals surface area contributed by atoms with Crippen LogP contribution in [0, 0.1) is 0 Å². The Kier molecular flexibility index (Phi) is 6.55. The van der Waals surface area contributed by atoms with E-state index in [2.05, 4.69) is 0 Å². The molecule has 1 atom stereocenters. The van der Waals surface area contributed by atoms with Gasteiger partial charge in [0.2, 0.25) is 0 Å². The second-order valence-electron chi connectivity index (χ2n) is 3.73. The molecule has 1 aliphatic rings. The molecule has 0 aromatic heterocycles. The average Bonchev–Trinajstić information content (AvgIpc) is 2.61. The molecule has 0 radical (unpaired) electrons. The lowest BCUT2D eigenvalue weighted by Crippen LogP contribution is -2.32. The molecule has 0 aromatic rings. The highest BCUT2D eigenvalue weighted by molar-refractivity contribution is 7.86. The first kappa shape index (κ1) is 18.0. The van der Waals surface area contributed by atoms with Gasteiger partial charge >= 0.3 is 15.6 Å². The topological polar surface area (TPSA) is 101 Å². The number of nitrogens with zero attached hydrogens (tertiary/aromatic N) is 2. The van der Waals surface area contributed by atoms with Gasteiger partial charge in [0.25, 0.3) is 0 Å². The highest BCUT2D eigenvalue weighted by Crippen LogP contribution is 2.20. The summed E-state index contributed by atoms with van der Waals surface area (Å²) in [6.07, 6.45) is 3.20. The van der Waals surface area contributed by atoms with Crippen molar-refractivity contribution in [3.8, 4) is 0 Å². The maximum atomic E-state index is 10.7. The summed E-state index contributed by atoms with van der Waals surface area (Å²) in [5.41, 5.74) is -5.53. The summed E-state index contributed by atoms with van der Waals surface area (Å²) in [5.74, 6) is 0. The van der Waals surface area contributed by atoms with Crippen molar-refractivity contribution in [3.05, 3.63) is 12.4 Å².